The van der Waals surface area contributed by atoms with Crippen molar-refractivity contribution in [3.05, 3.63) is 41.7 Å². The number of hydrogen-bond acceptors (Lipinski definition) is 4. The summed E-state index contributed by atoms with van der Waals surface area (Å²) in [6.07, 6.45) is 3.87. The Morgan fingerprint density at radius 3 is 2.76 bits per heavy atom. The summed E-state index contributed by atoms with van der Waals surface area (Å²) in [4.78, 5) is 12.1. The Hall–Kier alpha value is -2.21. The van der Waals surface area contributed by atoms with Crippen molar-refractivity contribution in [2.24, 2.45) is 0 Å². The lowest BCUT2D eigenvalue weighted by Crippen LogP contribution is -2.43. The molecule has 1 amide bonds. The van der Waals surface area contributed by atoms with Crippen molar-refractivity contribution in [1.29, 1.82) is 0 Å². The maximum atomic E-state index is 12.1. The summed E-state index contributed by atoms with van der Waals surface area (Å²) in [6.45, 7) is 3.91. The first kappa shape index (κ1) is 13.8. The van der Waals surface area contributed by atoms with Gasteiger partial charge in [-0.25, -0.2) is 4.68 Å². The molecule has 0 radical (unpaired) electrons. The topological polar surface area (TPSA) is 71.8 Å². The van der Waals surface area contributed by atoms with E-state index >= 15 is 0 Å². The molecule has 0 atom stereocenters. The molecule has 6 heteroatoms. The molecule has 1 fully saturated rings. The second-order valence-corrected chi connectivity index (χ2v) is 5.30. The molecule has 1 aromatic carbocycles. The van der Waals surface area contributed by atoms with Gasteiger partial charge >= 0.3 is 0 Å². The number of benzene rings is 1. The van der Waals surface area contributed by atoms with Crippen molar-refractivity contribution >= 4 is 11.6 Å². The minimum absolute atomic E-state index is 0.225. The number of carbonyl (C=O) groups excluding carboxylic acids is 1. The van der Waals surface area contributed by atoms with Gasteiger partial charge in [0.2, 0.25) is 0 Å². The molecule has 6 nitrogen and oxygen atoms in total. The Morgan fingerprint density at radius 1 is 1.38 bits per heavy atom. The summed E-state index contributed by atoms with van der Waals surface area (Å²) in [7, 11) is 0. The minimum atomic E-state index is -0.225. The Morgan fingerprint density at radius 2 is 2.14 bits per heavy atom. The van der Waals surface area contributed by atoms with E-state index in [0.29, 0.717) is 11.7 Å². The summed E-state index contributed by atoms with van der Waals surface area (Å²) in [6, 6.07) is 8.23. The van der Waals surface area contributed by atoms with Gasteiger partial charge in [-0.05, 0) is 24.1 Å². The van der Waals surface area contributed by atoms with E-state index in [1.807, 2.05) is 24.3 Å². The Kier molecular flexibility index (Phi) is 3.96. The summed E-state index contributed by atoms with van der Waals surface area (Å²) in [5.41, 5.74) is 2.40. The molecule has 21 heavy (non-hydrogen) atoms. The maximum Gasteiger partial charge on any atom is 0.277 e. The van der Waals surface area contributed by atoms with Crippen molar-refractivity contribution in [3.63, 3.8) is 0 Å². The van der Waals surface area contributed by atoms with E-state index in [0.717, 1.165) is 31.6 Å². The average molecular weight is 285 g/mol. The quantitative estimate of drug-likeness (QED) is 0.876. The molecular weight excluding hydrogens is 266 g/mol. The fourth-order valence-electron chi connectivity index (χ4n) is 2.26. The highest BCUT2D eigenvalue weighted by atomic mass is 16.2. The van der Waals surface area contributed by atoms with Gasteiger partial charge in [0.1, 0.15) is 0 Å². The number of rotatable bonds is 5. The van der Waals surface area contributed by atoms with Crippen LogP contribution in [-0.2, 0) is 6.42 Å². The molecule has 0 unspecified atom stereocenters. The standard InChI is InChI=1S/C15H19N5O/c1-2-3-11-4-6-12(7-5-11)17-15(21)14-10-20(19-18-14)13-8-16-9-13/h4-7,10,13,16H,2-3,8-9H2,1H3,(H,17,21). The van der Waals surface area contributed by atoms with Crippen LogP contribution in [0.15, 0.2) is 30.5 Å². The molecule has 3 rings (SSSR count). The molecule has 0 aliphatic carbocycles. The number of nitrogens with one attached hydrogen (secondary N) is 2. The normalized spacial score (nSPS) is 14.7. The summed E-state index contributed by atoms with van der Waals surface area (Å²) in [5.74, 6) is -0.225. The van der Waals surface area contributed by atoms with Gasteiger partial charge in [0.05, 0.1) is 12.2 Å². The van der Waals surface area contributed by atoms with E-state index in [1.54, 1.807) is 10.9 Å². The zero-order valence-electron chi connectivity index (χ0n) is 12.0. The monoisotopic (exact) mass is 285 g/mol. The van der Waals surface area contributed by atoms with E-state index in [2.05, 4.69) is 27.9 Å². The number of anilines is 1. The Bertz CT molecular complexity index is 615. The SMILES string of the molecule is CCCc1ccc(NC(=O)c2cn(C3CNC3)nn2)cc1. The van der Waals surface area contributed by atoms with Crippen LogP contribution in [0.3, 0.4) is 0 Å². The fraction of sp³-hybridized carbons (Fsp3) is 0.400. The van der Waals surface area contributed by atoms with Gasteiger partial charge in [0.15, 0.2) is 5.69 Å². The number of aryl methyl sites for hydroxylation is 1. The molecule has 0 saturated carbocycles. The van der Waals surface area contributed by atoms with Gasteiger partial charge in [-0.3, -0.25) is 4.79 Å². The van der Waals surface area contributed by atoms with Gasteiger partial charge in [-0.15, -0.1) is 5.10 Å². The second kappa shape index (κ2) is 6.05. The predicted molar refractivity (Wildman–Crippen MR) is 80.3 cm³/mol. The highest BCUT2D eigenvalue weighted by molar-refractivity contribution is 6.02. The number of hydrogen-bond donors (Lipinski definition) is 2. The van der Waals surface area contributed by atoms with Gasteiger partial charge in [-0.2, -0.15) is 0 Å². The first-order chi connectivity index (χ1) is 10.3. The van der Waals surface area contributed by atoms with Gasteiger partial charge in [0.25, 0.3) is 5.91 Å². The lowest BCUT2D eigenvalue weighted by molar-refractivity contribution is 0.102. The lowest BCUT2D eigenvalue weighted by atomic mass is 10.1. The van der Waals surface area contributed by atoms with Crippen LogP contribution in [0.2, 0.25) is 0 Å². The third-order valence-corrected chi connectivity index (χ3v) is 3.63. The van der Waals surface area contributed by atoms with Crippen LogP contribution in [0.1, 0.15) is 35.4 Å². The van der Waals surface area contributed by atoms with Crippen molar-refractivity contribution in [2.75, 3.05) is 18.4 Å². The van der Waals surface area contributed by atoms with E-state index in [9.17, 15) is 4.79 Å². The van der Waals surface area contributed by atoms with E-state index in [1.165, 1.54) is 5.56 Å². The minimum Gasteiger partial charge on any atom is -0.321 e. The number of carbonyl (C=O) groups is 1. The number of aromatic nitrogens is 3. The highest BCUT2D eigenvalue weighted by Gasteiger charge is 2.21. The third-order valence-electron chi connectivity index (χ3n) is 3.63. The van der Waals surface area contributed by atoms with Crippen molar-refractivity contribution in [2.45, 2.75) is 25.8 Å². The highest BCUT2D eigenvalue weighted by Crippen LogP contribution is 2.13. The van der Waals surface area contributed by atoms with Crippen LogP contribution >= 0.6 is 0 Å². The molecule has 2 aromatic rings. The molecule has 1 aromatic heterocycles. The van der Waals surface area contributed by atoms with E-state index < -0.39 is 0 Å². The first-order valence-electron chi connectivity index (χ1n) is 7.29. The van der Waals surface area contributed by atoms with Crippen molar-refractivity contribution < 1.29 is 4.79 Å². The molecular formula is C15H19N5O. The second-order valence-electron chi connectivity index (χ2n) is 5.30. The number of amides is 1. The van der Waals surface area contributed by atoms with E-state index in [-0.39, 0.29) is 5.91 Å². The third kappa shape index (κ3) is 3.11. The molecule has 2 heterocycles. The van der Waals surface area contributed by atoms with Crippen LogP contribution in [0, 0.1) is 0 Å². The summed E-state index contributed by atoms with van der Waals surface area (Å²) in [5, 5.41) is 14.0. The lowest BCUT2D eigenvalue weighted by Gasteiger charge is -2.26. The summed E-state index contributed by atoms with van der Waals surface area (Å²) >= 11 is 0. The molecule has 1 aliphatic heterocycles. The van der Waals surface area contributed by atoms with Crippen molar-refractivity contribution in [3.8, 4) is 0 Å². The van der Waals surface area contributed by atoms with Crippen LogP contribution in [0.4, 0.5) is 5.69 Å². The van der Waals surface area contributed by atoms with Crippen molar-refractivity contribution in [1.82, 2.24) is 20.3 Å². The first-order valence-corrected chi connectivity index (χ1v) is 7.29. The molecule has 0 bridgehead atoms. The predicted octanol–water partition coefficient (Wildman–Crippen LogP) is 1.63. The smallest absolute Gasteiger partial charge is 0.277 e. The molecule has 110 valence electrons. The van der Waals surface area contributed by atoms with Gasteiger partial charge < -0.3 is 10.6 Å². The van der Waals surface area contributed by atoms with Crippen LogP contribution in [-0.4, -0.2) is 34.0 Å². The van der Waals surface area contributed by atoms with Gasteiger partial charge in [-0.1, -0.05) is 30.7 Å². The van der Waals surface area contributed by atoms with Crippen LogP contribution < -0.4 is 10.6 Å². The zero-order valence-corrected chi connectivity index (χ0v) is 12.0. The Labute approximate surface area is 123 Å². The number of nitrogens with zero attached hydrogens (tertiary/aromatic N) is 3. The maximum absolute atomic E-state index is 12.1. The molecule has 1 aliphatic rings. The molecule has 1 saturated heterocycles. The molecule has 0 spiro atoms. The molecule has 2 N–H and O–H groups in total. The van der Waals surface area contributed by atoms with Crippen LogP contribution in [0.5, 0.6) is 0 Å². The van der Waals surface area contributed by atoms with Crippen LogP contribution in [0.25, 0.3) is 0 Å². The largest absolute Gasteiger partial charge is 0.321 e. The fourth-order valence-corrected chi connectivity index (χ4v) is 2.26. The van der Waals surface area contributed by atoms with E-state index in [4.69, 9.17) is 0 Å². The van der Waals surface area contributed by atoms with Gasteiger partial charge in [0, 0.05) is 18.8 Å². The average Bonchev–Trinajstić information content (AvgIpc) is 2.89. The zero-order chi connectivity index (χ0) is 14.7. The Balaban J connectivity index is 1.63. The summed E-state index contributed by atoms with van der Waals surface area (Å²) < 4.78 is 1.75.